The van der Waals surface area contributed by atoms with E-state index in [-0.39, 0.29) is 22.7 Å². The molecule has 0 fully saturated rings. The van der Waals surface area contributed by atoms with Gasteiger partial charge in [-0.3, -0.25) is 13.9 Å². The van der Waals surface area contributed by atoms with Crippen molar-refractivity contribution in [3.05, 3.63) is 58.6 Å². The van der Waals surface area contributed by atoms with Gasteiger partial charge in [0, 0.05) is 18.3 Å². The number of nitrogens with zero attached hydrogens (tertiary/aromatic N) is 1. The Bertz CT molecular complexity index is 943. The molecular formula is C17H18ClN3O4S. The predicted molar refractivity (Wildman–Crippen MR) is 102 cm³/mol. The zero-order valence-electron chi connectivity index (χ0n) is 14.2. The van der Waals surface area contributed by atoms with Crippen molar-refractivity contribution in [3.63, 3.8) is 0 Å². The lowest BCUT2D eigenvalue weighted by molar-refractivity contribution is -0.117. The molecule has 0 bridgehead atoms. The maximum Gasteiger partial charge on any atom is 0.255 e. The molecule has 0 atom stereocenters. The summed E-state index contributed by atoms with van der Waals surface area (Å²) < 4.78 is 24.4. The topological polar surface area (TPSA) is 110 Å². The van der Waals surface area contributed by atoms with Gasteiger partial charge >= 0.3 is 0 Å². The molecule has 0 spiro atoms. The molecule has 138 valence electrons. The van der Waals surface area contributed by atoms with Crippen LogP contribution in [0.25, 0.3) is 0 Å². The minimum atomic E-state index is -3.52. The van der Waals surface area contributed by atoms with E-state index in [0.29, 0.717) is 5.69 Å². The van der Waals surface area contributed by atoms with Gasteiger partial charge in [-0.15, -0.1) is 0 Å². The Kier molecular flexibility index (Phi) is 5.89. The number of hydrogen-bond acceptors (Lipinski definition) is 4. The lowest BCUT2D eigenvalue weighted by atomic mass is 10.1. The SMILES string of the molecule is CN(c1cc(C(=O)Nc2ccc(CC(N)=O)cc2)ccc1Cl)S(C)(=O)=O. The third-order valence-corrected chi connectivity index (χ3v) is 5.15. The number of carbonyl (C=O) groups excluding carboxylic acids is 2. The minimum absolute atomic E-state index is 0.118. The van der Waals surface area contributed by atoms with E-state index < -0.39 is 21.8 Å². The van der Waals surface area contributed by atoms with Gasteiger partial charge in [0.15, 0.2) is 0 Å². The zero-order valence-corrected chi connectivity index (χ0v) is 15.8. The smallest absolute Gasteiger partial charge is 0.255 e. The summed E-state index contributed by atoms with van der Waals surface area (Å²) >= 11 is 6.05. The van der Waals surface area contributed by atoms with E-state index in [1.165, 1.54) is 25.2 Å². The van der Waals surface area contributed by atoms with Crippen LogP contribution in [0.3, 0.4) is 0 Å². The molecule has 0 aromatic heterocycles. The number of carbonyl (C=O) groups is 2. The highest BCUT2D eigenvalue weighted by atomic mass is 35.5. The van der Waals surface area contributed by atoms with Crippen molar-refractivity contribution in [1.82, 2.24) is 0 Å². The molecule has 26 heavy (non-hydrogen) atoms. The van der Waals surface area contributed by atoms with Crippen molar-refractivity contribution < 1.29 is 18.0 Å². The van der Waals surface area contributed by atoms with Crippen molar-refractivity contribution in [1.29, 1.82) is 0 Å². The van der Waals surface area contributed by atoms with Gasteiger partial charge in [0.1, 0.15) is 0 Å². The number of primary amides is 1. The molecular weight excluding hydrogens is 378 g/mol. The highest BCUT2D eigenvalue weighted by molar-refractivity contribution is 7.92. The van der Waals surface area contributed by atoms with Crippen LogP contribution in [-0.2, 0) is 21.2 Å². The molecule has 0 unspecified atom stereocenters. The highest BCUT2D eigenvalue weighted by Crippen LogP contribution is 2.28. The van der Waals surface area contributed by atoms with Crippen molar-refractivity contribution in [2.45, 2.75) is 6.42 Å². The molecule has 2 amide bonds. The summed E-state index contributed by atoms with van der Waals surface area (Å²) in [6.45, 7) is 0. The predicted octanol–water partition coefficient (Wildman–Crippen LogP) is 2.02. The molecule has 2 aromatic carbocycles. The quantitative estimate of drug-likeness (QED) is 0.779. The molecule has 0 aliphatic rings. The fourth-order valence-electron chi connectivity index (χ4n) is 2.18. The molecule has 3 N–H and O–H groups in total. The Morgan fingerprint density at radius 2 is 1.77 bits per heavy atom. The number of hydrogen-bond donors (Lipinski definition) is 2. The van der Waals surface area contributed by atoms with E-state index in [1.807, 2.05) is 0 Å². The molecule has 0 saturated carbocycles. The lowest BCUT2D eigenvalue weighted by Crippen LogP contribution is -2.25. The van der Waals surface area contributed by atoms with Crippen LogP contribution in [0.1, 0.15) is 15.9 Å². The van der Waals surface area contributed by atoms with Crippen LogP contribution in [-0.4, -0.2) is 33.5 Å². The van der Waals surface area contributed by atoms with Gasteiger partial charge in [0.2, 0.25) is 15.9 Å². The Morgan fingerprint density at radius 3 is 2.31 bits per heavy atom. The van der Waals surface area contributed by atoms with E-state index in [0.717, 1.165) is 16.1 Å². The average Bonchev–Trinajstić information content (AvgIpc) is 2.55. The first-order chi connectivity index (χ1) is 12.1. The van der Waals surface area contributed by atoms with Crippen molar-refractivity contribution in [2.24, 2.45) is 5.73 Å². The number of nitrogens with one attached hydrogen (secondary N) is 1. The van der Waals surface area contributed by atoms with Gasteiger partial charge in [-0.2, -0.15) is 0 Å². The van der Waals surface area contributed by atoms with E-state index in [2.05, 4.69) is 5.32 Å². The van der Waals surface area contributed by atoms with E-state index in [4.69, 9.17) is 17.3 Å². The summed E-state index contributed by atoms with van der Waals surface area (Å²) in [5.41, 5.74) is 6.85. The summed E-state index contributed by atoms with van der Waals surface area (Å²) in [6.07, 6.45) is 1.16. The standard InChI is InChI=1S/C17H18ClN3O4S/c1-21(26(2,24)25)15-10-12(5-8-14(15)18)17(23)20-13-6-3-11(4-7-13)9-16(19)22/h3-8,10H,9H2,1-2H3,(H2,19,22)(H,20,23). The Labute approximate surface area is 156 Å². The minimum Gasteiger partial charge on any atom is -0.369 e. The molecule has 2 aromatic rings. The van der Waals surface area contributed by atoms with E-state index in [1.54, 1.807) is 24.3 Å². The van der Waals surface area contributed by atoms with Crippen LogP contribution in [0, 0.1) is 0 Å². The molecule has 2 rings (SSSR count). The second-order valence-electron chi connectivity index (χ2n) is 5.69. The molecule has 0 aliphatic carbocycles. The largest absolute Gasteiger partial charge is 0.369 e. The van der Waals surface area contributed by atoms with Crippen molar-refractivity contribution >= 4 is 44.8 Å². The van der Waals surface area contributed by atoms with Crippen LogP contribution in [0.2, 0.25) is 5.02 Å². The van der Waals surface area contributed by atoms with Gasteiger partial charge < -0.3 is 11.1 Å². The Balaban J connectivity index is 2.21. The Morgan fingerprint density at radius 1 is 1.15 bits per heavy atom. The number of halogens is 1. The fraction of sp³-hybridized carbons (Fsp3) is 0.176. The maximum absolute atomic E-state index is 12.4. The van der Waals surface area contributed by atoms with Gasteiger partial charge in [0.25, 0.3) is 5.91 Å². The second kappa shape index (κ2) is 7.76. The fourth-order valence-corrected chi connectivity index (χ4v) is 2.99. The summed E-state index contributed by atoms with van der Waals surface area (Å²) in [5, 5.41) is 2.91. The van der Waals surface area contributed by atoms with Crippen LogP contribution < -0.4 is 15.4 Å². The van der Waals surface area contributed by atoms with Gasteiger partial charge in [-0.1, -0.05) is 23.7 Å². The van der Waals surface area contributed by atoms with Crippen LogP contribution in [0.4, 0.5) is 11.4 Å². The second-order valence-corrected chi connectivity index (χ2v) is 8.11. The van der Waals surface area contributed by atoms with Crippen molar-refractivity contribution in [3.8, 4) is 0 Å². The van der Waals surface area contributed by atoms with Crippen molar-refractivity contribution in [2.75, 3.05) is 22.9 Å². The highest BCUT2D eigenvalue weighted by Gasteiger charge is 2.17. The maximum atomic E-state index is 12.4. The third kappa shape index (κ3) is 4.96. The van der Waals surface area contributed by atoms with E-state index in [9.17, 15) is 18.0 Å². The van der Waals surface area contributed by atoms with Gasteiger partial charge in [-0.25, -0.2) is 8.42 Å². The molecule has 9 heteroatoms. The van der Waals surface area contributed by atoms with Gasteiger partial charge in [-0.05, 0) is 35.9 Å². The summed E-state index contributed by atoms with van der Waals surface area (Å²) in [5.74, 6) is -0.863. The number of nitrogens with two attached hydrogens (primary N) is 1. The molecule has 0 radical (unpaired) electrons. The summed E-state index contributed by atoms with van der Waals surface area (Å²) in [7, 11) is -2.16. The van der Waals surface area contributed by atoms with Crippen LogP contribution in [0.5, 0.6) is 0 Å². The monoisotopic (exact) mass is 395 g/mol. The third-order valence-electron chi connectivity index (χ3n) is 3.64. The number of benzene rings is 2. The molecule has 7 nitrogen and oxygen atoms in total. The zero-order chi connectivity index (χ0) is 19.5. The van der Waals surface area contributed by atoms with Crippen LogP contribution in [0.15, 0.2) is 42.5 Å². The summed E-state index contributed by atoms with van der Waals surface area (Å²) in [6, 6.07) is 11.0. The first kappa shape index (κ1) is 19.7. The normalized spacial score (nSPS) is 11.0. The number of amides is 2. The molecule has 0 saturated heterocycles. The average molecular weight is 396 g/mol. The number of sulfonamides is 1. The lowest BCUT2D eigenvalue weighted by Gasteiger charge is -2.18. The van der Waals surface area contributed by atoms with Gasteiger partial charge in [0.05, 0.1) is 23.4 Å². The van der Waals surface area contributed by atoms with E-state index >= 15 is 0 Å². The Hall–Kier alpha value is -2.58. The first-order valence-corrected chi connectivity index (χ1v) is 9.72. The summed E-state index contributed by atoms with van der Waals surface area (Å²) in [4.78, 5) is 23.3. The number of rotatable bonds is 6. The molecule has 0 aliphatic heterocycles. The molecule has 0 heterocycles. The number of anilines is 2. The first-order valence-electron chi connectivity index (χ1n) is 7.50. The van der Waals surface area contributed by atoms with Crippen LogP contribution >= 0.6 is 11.6 Å².